The minimum atomic E-state index is -3.61. The summed E-state index contributed by atoms with van der Waals surface area (Å²) in [5, 5.41) is 12.5. The lowest BCUT2D eigenvalue weighted by Gasteiger charge is -2.47. The van der Waals surface area contributed by atoms with Gasteiger partial charge < -0.3 is 14.4 Å². The van der Waals surface area contributed by atoms with Gasteiger partial charge in [0.2, 0.25) is 15.9 Å². The first kappa shape index (κ1) is 23.4. The molecule has 2 aromatic rings. The first-order chi connectivity index (χ1) is 15.7. The molecule has 0 bridgehead atoms. The Morgan fingerprint density at radius 1 is 1.18 bits per heavy atom. The monoisotopic (exact) mass is 478 g/mol. The molecular weight excluding hydrogens is 448 g/mol. The Labute approximate surface area is 193 Å². The number of benzene rings is 1. The molecule has 1 unspecified atom stereocenters. The molecule has 1 atom stereocenters. The van der Waals surface area contributed by atoms with Crippen LogP contribution in [-0.4, -0.2) is 77.3 Å². The predicted octanol–water partition coefficient (Wildman–Crippen LogP) is 1.32. The number of sulfonamides is 1. The highest BCUT2D eigenvalue weighted by atomic mass is 32.2. The Kier molecular flexibility index (Phi) is 6.32. The van der Waals surface area contributed by atoms with Crippen LogP contribution in [0.3, 0.4) is 0 Å². The lowest BCUT2D eigenvalue weighted by atomic mass is 9.94. The fraction of sp³-hybridized carbons (Fsp3) is 0.619. The van der Waals surface area contributed by atoms with Gasteiger partial charge in [-0.1, -0.05) is 12.8 Å². The summed E-state index contributed by atoms with van der Waals surface area (Å²) >= 11 is 0. The highest BCUT2D eigenvalue weighted by Gasteiger charge is 2.49. The molecule has 1 aromatic carbocycles. The average molecular weight is 479 g/mol. The van der Waals surface area contributed by atoms with E-state index in [0.717, 1.165) is 37.5 Å². The zero-order valence-electron chi connectivity index (χ0n) is 19.4. The summed E-state index contributed by atoms with van der Waals surface area (Å²) in [6.07, 6.45) is 5.17. The third kappa shape index (κ3) is 4.41. The van der Waals surface area contributed by atoms with E-state index in [9.17, 15) is 13.2 Å². The van der Waals surface area contributed by atoms with Gasteiger partial charge in [-0.2, -0.15) is 4.31 Å². The third-order valence-corrected chi connectivity index (χ3v) is 7.82. The van der Waals surface area contributed by atoms with Crippen LogP contribution in [0.2, 0.25) is 0 Å². The first-order valence-corrected chi connectivity index (χ1v) is 12.8. The second-order valence-corrected chi connectivity index (χ2v) is 10.8. The molecule has 0 radical (unpaired) electrons. The second-order valence-electron chi connectivity index (χ2n) is 8.85. The lowest BCUT2D eigenvalue weighted by Crippen LogP contribution is -2.63. The molecule has 180 valence electrons. The molecule has 4 rings (SSSR count). The van der Waals surface area contributed by atoms with Crippen LogP contribution in [0, 0.1) is 0 Å². The van der Waals surface area contributed by atoms with Gasteiger partial charge in [-0.25, -0.2) is 13.1 Å². The van der Waals surface area contributed by atoms with Gasteiger partial charge in [0, 0.05) is 12.1 Å². The number of nitrogens with zero attached hydrogens (tertiary/aromatic N) is 6. The van der Waals surface area contributed by atoms with E-state index in [0.29, 0.717) is 17.3 Å². The minimum absolute atomic E-state index is 0.0525. The van der Waals surface area contributed by atoms with Crippen LogP contribution in [0.1, 0.15) is 50.0 Å². The first-order valence-electron chi connectivity index (χ1n) is 10.9. The number of hydrogen-bond acceptors (Lipinski definition) is 8. The number of methoxy groups -OCH3 is 2. The van der Waals surface area contributed by atoms with Crippen molar-refractivity contribution < 1.29 is 22.7 Å². The smallest absolute Gasteiger partial charge is 0.239 e. The number of hydrogen-bond donors (Lipinski definition) is 0. The van der Waals surface area contributed by atoms with Crippen LogP contribution in [0.15, 0.2) is 18.2 Å². The molecule has 1 aliphatic heterocycles. The Morgan fingerprint density at radius 3 is 2.55 bits per heavy atom. The molecule has 0 spiro atoms. The van der Waals surface area contributed by atoms with Crippen molar-refractivity contribution in [2.75, 3.05) is 33.6 Å². The Balaban J connectivity index is 1.80. The van der Waals surface area contributed by atoms with E-state index < -0.39 is 15.6 Å². The average Bonchev–Trinajstić information content (AvgIpc) is 3.47. The second kappa shape index (κ2) is 8.90. The van der Waals surface area contributed by atoms with Gasteiger partial charge in [0.15, 0.2) is 5.82 Å². The van der Waals surface area contributed by atoms with Crippen LogP contribution in [0.25, 0.3) is 0 Å². The standard InChI is InChI=1S/C21H30N6O5S/c1-21(20-22-23-24-27(20)16-7-5-6-8-16)14-25(33(4,29)30)13-19(28)26(21)12-15-11-17(31-2)9-10-18(15)32-3/h9-11,16H,5-8,12-14H2,1-4H3. The summed E-state index contributed by atoms with van der Waals surface area (Å²) in [6.45, 7) is 1.82. The number of carbonyl (C=O) groups excluding carboxylic acids is 1. The van der Waals surface area contributed by atoms with Crippen molar-refractivity contribution >= 4 is 15.9 Å². The van der Waals surface area contributed by atoms with E-state index in [1.807, 2.05) is 13.0 Å². The molecular formula is C21H30N6O5S. The molecule has 2 aliphatic rings. The van der Waals surface area contributed by atoms with Crippen molar-refractivity contribution in [3.63, 3.8) is 0 Å². The van der Waals surface area contributed by atoms with Crippen LogP contribution in [0.4, 0.5) is 0 Å². The molecule has 1 saturated carbocycles. The number of ether oxygens (including phenoxy) is 2. The van der Waals surface area contributed by atoms with E-state index in [2.05, 4.69) is 15.5 Å². The topological polar surface area (TPSA) is 120 Å². The predicted molar refractivity (Wildman–Crippen MR) is 119 cm³/mol. The Bertz CT molecular complexity index is 1130. The van der Waals surface area contributed by atoms with Gasteiger partial charge >= 0.3 is 0 Å². The summed E-state index contributed by atoms with van der Waals surface area (Å²) in [7, 11) is -0.474. The number of rotatable bonds is 7. The van der Waals surface area contributed by atoms with Crippen LogP contribution in [-0.2, 0) is 26.9 Å². The quantitative estimate of drug-likeness (QED) is 0.584. The van der Waals surface area contributed by atoms with Gasteiger partial charge in [0.05, 0.1) is 39.6 Å². The summed E-state index contributed by atoms with van der Waals surface area (Å²) in [6, 6.07) is 5.51. The fourth-order valence-electron chi connectivity index (χ4n) is 4.80. The highest BCUT2D eigenvalue weighted by molar-refractivity contribution is 7.88. The van der Waals surface area contributed by atoms with E-state index >= 15 is 0 Å². The third-order valence-electron chi connectivity index (χ3n) is 6.62. The van der Waals surface area contributed by atoms with Crippen LogP contribution in [0.5, 0.6) is 11.5 Å². The normalized spacial score (nSPS) is 22.7. The zero-order valence-corrected chi connectivity index (χ0v) is 20.2. The maximum Gasteiger partial charge on any atom is 0.239 e. The highest BCUT2D eigenvalue weighted by Crippen LogP contribution is 2.38. The van der Waals surface area contributed by atoms with Crippen molar-refractivity contribution in [2.24, 2.45) is 0 Å². The van der Waals surface area contributed by atoms with Crippen LogP contribution >= 0.6 is 0 Å². The molecule has 0 N–H and O–H groups in total. The molecule has 2 heterocycles. The molecule has 1 aromatic heterocycles. The number of piperazine rings is 1. The molecule has 33 heavy (non-hydrogen) atoms. The SMILES string of the molecule is COc1ccc(OC)c(CN2C(=O)CN(S(C)(=O)=O)CC2(C)c2nnnn2C2CCCC2)c1. The van der Waals surface area contributed by atoms with Gasteiger partial charge in [0.25, 0.3) is 0 Å². The van der Waals surface area contributed by atoms with Gasteiger partial charge in [-0.15, -0.1) is 5.10 Å². The number of amides is 1. The van der Waals surface area contributed by atoms with E-state index in [1.165, 1.54) is 4.31 Å². The van der Waals surface area contributed by atoms with E-state index in [1.54, 1.807) is 35.9 Å². The minimum Gasteiger partial charge on any atom is -0.497 e. The molecule has 11 nitrogen and oxygen atoms in total. The number of tetrazole rings is 1. The van der Waals surface area contributed by atoms with Gasteiger partial charge in [-0.3, -0.25) is 4.79 Å². The van der Waals surface area contributed by atoms with Crippen molar-refractivity contribution in [1.29, 1.82) is 0 Å². The molecule has 1 saturated heterocycles. The zero-order chi connectivity index (χ0) is 23.8. The van der Waals surface area contributed by atoms with Crippen molar-refractivity contribution in [3.05, 3.63) is 29.6 Å². The van der Waals surface area contributed by atoms with Crippen molar-refractivity contribution in [1.82, 2.24) is 29.4 Å². The van der Waals surface area contributed by atoms with Crippen LogP contribution < -0.4 is 9.47 Å². The molecule has 1 amide bonds. The maximum absolute atomic E-state index is 13.4. The molecule has 12 heteroatoms. The fourth-order valence-corrected chi connectivity index (χ4v) is 5.63. The number of aromatic nitrogens is 4. The maximum atomic E-state index is 13.4. The van der Waals surface area contributed by atoms with Crippen molar-refractivity contribution in [2.45, 2.75) is 50.7 Å². The largest absolute Gasteiger partial charge is 0.497 e. The Morgan fingerprint density at radius 2 is 1.91 bits per heavy atom. The summed E-state index contributed by atoms with van der Waals surface area (Å²) < 4.78 is 38.7. The van der Waals surface area contributed by atoms with Gasteiger partial charge in [-0.05, 0) is 48.4 Å². The summed E-state index contributed by atoms with van der Waals surface area (Å²) in [5.41, 5.74) is -0.345. The van der Waals surface area contributed by atoms with E-state index in [-0.39, 0.29) is 31.6 Å². The molecule has 2 fully saturated rings. The van der Waals surface area contributed by atoms with E-state index in [4.69, 9.17) is 9.47 Å². The molecule has 1 aliphatic carbocycles. The lowest BCUT2D eigenvalue weighted by molar-refractivity contribution is -0.145. The summed E-state index contributed by atoms with van der Waals surface area (Å²) in [4.78, 5) is 15.1. The van der Waals surface area contributed by atoms with Gasteiger partial charge in [0.1, 0.15) is 17.0 Å². The summed E-state index contributed by atoms with van der Waals surface area (Å²) in [5.74, 6) is 1.38. The number of carbonyl (C=O) groups is 1. The Hall–Kier alpha value is -2.73. The van der Waals surface area contributed by atoms with Crippen molar-refractivity contribution in [3.8, 4) is 11.5 Å².